The van der Waals surface area contributed by atoms with Crippen LogP contribution in [-0.2, 0) is 4.79 Å². The zero-order valence-electron chi connectivity index (χ0n) is 12.8. The summed E-state index contributed by atoms with van der Waals surface area (Å²) in [5, 5.41) is 3.52. The minimum atomic E-state index is -0.795. The summed E-state index contributed by atoms with van der Waals surface area (Å²) in [4.78, 5) is 12.6. The van der Waals surface area contributed by atoms with Gasteiger partial charge in [0.15, 0.2) is 0 Å². The molecule has 1 aliphatic carbocycles. The highest BCUT2D eigenvalue weighted by atomic mass is 35.5. The number of methoxy groups -OCH3 is 1. The van der Waals surface area contributed by atoms with Crippen LogP contribution in [0, 0.1) is 12.8 Å². The summed E-state index contributed by atoms with van der Waals surface area (Å²) in [6.07, 6.45) is 3.56. The molecule has 1 aromatic carbocycles. The van der Waals surface area contributed by atoms with Crippen LogP contribution in [0.15, 0.2) is 12.1 Å². The number of nitrogens with two attached hydrogens (primary N) is 1. The van der Waals surface area contributed by atoms with Gasteiger partial charge in [-0.05, 0) is 37.3 Å². The Balaban J connectivity index is 2.21. The summed E-state index contributed by atoms with van der Waals surface area (Å²) in [5.41, 5.74) is 7.03. The molecule has 1 fully saturated rings. The molecule has 116 valence electrons. The van der Waals surface area contributed by atoms with Crippen molar-refractivity contribution in [3.05, 3.63) is 22.7 Å². The average Bonchev–Trinajstić information content (AvgIpc) is 2.42. The molecule has 3 N–H and O–H groups in total. The van der Waals surface area contributed by atoms with Crippen molar-refractivity contribution in [2.24, 2.45) is 11.7 Å². The Kier molecular flexibility index (Phi) is 4.79. The first-order valence-electron chi connectivity index (χ1n) is 7.30. The van der Waals surface area contributed by atoms with E-state index in [1.807, 2.05) is 13.0 Å². The first-order chi connectivity index (χ1) is 9.85. The summed E-state index contributed by atoms with van der Waals surface area (Å²) in [6, 6.07) is 3.52. The molecule has 1 aliphatic rings. The zero-order valence-corrected chi connectivity index (χ0v) is 13.6. The molecule has 21 heavy (non-hydrogen) atoms. The van der Waals surface area contributed by atoms with Gasteiger partial charge in [-0.3, -0.25) is 4.79 Å². The molecular formula is C16H23ClN2O2. The lowest BCUT2D eigenvalue weighted by atomic mass is 9.76. The molecule has 4 nitrogen and oxygen atoms in total. The van der Waals surface area contributed by atoms with Gasteiger partial charge in [-0.1, -0.05) is 31.4 Å². The van der Waals surface area contributed by atoms with Gasteiger partial charge in [-0.2, -0.15) is 0 Å². The molecule has 0 heterocycles. The molecule has 2 unspecified atom stereocenters. The molecule has 0 bridgehead atoms. The summed E-state index contributed by atoms with van der Waals surface area (Å²) < 4.78 is 5.28. The van der Waals surface area contributed by atoms with Gasteiger partial charge in [0.25, 0.3) is 0 Å². The van der Waals surface area contributed by atoms with Gasteiger partial charge in [0.05, 0.1) is 18.3 Å². The van der Waals surface area contributed by atoms with Crippen LogP contribution in [0.25, 0.3) is 0 Å². The summed E-state index contributed by atoms with van der Waals surface area (Å²) in [7, 11) is 1.55. The van der Waals surface area contributed by atoms with Crippen LogP contribution in [0.2, 0.25) is 5.02 Å². The lowest BCUT2D eigenvalue weighted by Gasteiger charge is -2.35. The predicted molar refractivity (Wildman–Crippen MR) is 85.9 cm³/mol. The first kappa shape index (κ1) is 16.1. The fraction of sp³-hybridized carbons (Fsp3) is 0.562. The van der Waals surface area contributed by atoms with Gasteiger partial charge in [-0.25, -0.2) is 0 Å². The topological polar surface area (TPSA) is 64.3 Å². The second-order valence-corrected chi connectivity index (χ2v) is 6.52. The van der Waals surface area contributed by atoms with E-state index >= 15 is 0 Å². The molecule has 0 radical (unpaired) electrons. The van der Waals surface area contributed by atoms with Gasteiger partial charge < -0.3 is 15.8 Å². The number of amides is 1. The van der Waals surface area contributed by atoms with Gasteiger partial charge in [0.1, 0.15) is 5.75 Å². The van der Waals surface area contributed by atoms with E-state index in [9.17, 15) is 4.79 Å². The number of carbonyl (C=O) groups is 1. The van der Waals surface area contributed by atoms with Gasteiger partial charge >= 0.3 is 0 Å². The van der Waals surface area contributed by atoms with Crippen molar-refractivity contribution >= 4 is 23.2 Å². The van der Waals surface area contributed by atoms with Gasteiger partial charge in [0, 0.05) is 11.1 Å². The van der Waals surface area contributed by atoms with E-state index in [1.165, 1.54) is 0 Å². The number of halogens is 1. The summed E-state index contributed by atoms with van der Waals surface area (Å²) in [5.74, 6) is 0.879. The molecule has 1 saturated carbocycles. The number of aryl methyl sites for hydroxylation is 1. The third-order valence-corrected chi connectivity index (χ3v) is 4.62. The highest BCUT2D eigenvalue weighted by Gasteiger charge is 2.38. The lowest BCUT2D eigenvalue weighted by Crippen LogP contribution is -2.53. The van der Waals surface area contributed by atoms with E-state index in [4.69, 9.17) is 22.1 Å². The highest BCUT2D eigenvalue weighted by Crippen LogP contribution is 2.34. The SMILES string of the molecule is COc1cc(Cl)c(C)cc1NC(=O)C1(N)CCCC(C)C1. The third kappa shape index (κ3) is 3.50. The largest absolute Gasteiger partial charge is 0.495 e. The van der Waals surface area contributed by atoms with Crippen LogP contribution in [0.1, 0.15) is 38.2 Å². The van der Waals surface area contributed by atoms with E-state index in [-0.39, 0.29) is 5.91 Å². The number of benzene rings is 1. The fourth-order valence-corrected chi connectivity index (χ4v) is 3.13. The van der Waals surface area contributed by atoms with Crippen LogP contribution in [-0.4, -0.2) is 18.6 Å². The maximum absolute atomic E-state index is 12.6. The van der Waals surface area contributed by atoms with Crippen LogP contribution in [0.4, 0.5) is 5.69 Å². The standard InChI is InChI=1S/C16H23ClN2O2/c1-10-5-4-6-16(18,9-10)15(20)19-13-7-11(2)12(17)8-14(13)21-3/h7-8,10H,4-6,9,18H2,1-3H3,(H,19,20). The average molecular weight is 311 g/mol. The Hall–Kier alpha value is -1.26. The Morgan fingerprint density at radius 1 is 1.52 bits per heavy atom. The molecule has 2 atom stereocenters. The summed E-state index contributed by atoms with van der Waals surface area (Å²) in [6.45, 7) is 4.03. The zero-order chi connectivity index (χ0) is 15.6. The predicted octanol–water partition coefficient (Wildman–Crippen LogP) is 3.50. The number of anilines is 1. The Bertz CT molecular complexity index is 547. The maximum Gasteiger partial charge on any atom is 0.244 e. The maximum atomic E-state index is 12.6. The molecule has 0 spiro atoms. The van der Waals surface area contributed by atoms with Crippen molar-refractivity contribution in [2.75, 3.05) is 12.4 Å². The van der Waals surface area contributed by atoms with Crippen molar-refractivity contribution < 1.29 is 9.53 Å². The van der Waals surface area contributed by atoms with E-state index < -0.39 is 5.54 Å². The molecule has 0 saturated heterocycles. The number of carbonyl (C=O) groups excluding carboxylic acids is 1. The van der Waals surface area contributed by atoms with E-state index in [0.717, 1.165) is 24.8 Å². The lowest BCUT2D eigenvalue weighted by molar-refractivity contribution is -0.122. The van der Waals surface area contributed by atoms with Crippen molar-refractivity contribution in [3.8, 4) is 5.75 Å². The van der Waals surface area contributed by atoms with Gasteiger partial charge in [0.2, 0.25) is 5.91 Å². The number of rotatable bonds is 3. The smallest absolute Gasteiger partial charge is 0.244 e. The van der Waals surface area contributed by atoms with Crippen molar-refractivity contribution in [3.63, 3.8) is 0 Å². The molecule has 0 aliphatic heterocycles. The number of nitrogens with one attached hydrogen (secondary N) is 1. The molecule has 2 rings (SSSR count). The van der Waals surface area contributed by atoms with Crippen LogP contribution >= 0.6 is 11.6 Å². The Morgan fingerprint density at radius 3 is 2.86 bits per heavy atom. The normalized spacial score (nSPS) is 25.5. The first-order valence-corrected chi connectivity index (χ1v) is 7.68. The minimum Gasteiger partial charge on any atom is -0.495 e. The number of ether oxygens (including phenoxy) is 1. The number of hydrogen-bond acceptors (Lipinski definition) is 3. The van der Waals surface area contributed by atoms with Crippen molar-refractivity contribution in [1.82, 2.24) is 0 Å². The van der Waals surface area contributed by atoms with E-state index in [2.05, 4.69) is 12.2 Å². The van der Waals surface area contributed by atoms with Crippen LogP contribution in [0.5, 0.6) is 5.75 Å². The number of hydrogen-bond donors (Lipinski definition) is 2. The third-order valence-electron chi connectivity index (χ3n) is 4.21. The molecule has 5 heteroatoms. The van der Waals surface area contributed by atoms with E-state index in [1.54, 1.807) is 13.2 Å². The van der Waals surface area contributed by atoms with Crippen molar-refractivity contribution in [1.29, 1.82) is 0 Å². The second kappa shape index (κ2) is 6.24. The van der Waals surface area contributed by atoms with E-state index in [0.29, 0.717) is 28.8 Å². The van der Waals surface area contributed by atoms with Crippen LogP contribution < -0.4 is 15.8 Å². The Labute approximate surface area is 131 Å². The summed E-state index contributed by atoms with van der Waals surface area (Å²) >= 11 is 6.08. The van der Waals surface area contributed by atoms with Crippen LogP contribution in [0.3, 0.4) is 0 Å². The van der Waals surface area contributed by atoms with Gasteiger partial charge in [-0.15, -0.1) is 0 Å². The monoisotopic (exact) mass is 310 g/mol. The molecular weight excluding hydrogens is 288 g/mol. The quantitative estimate of drug-likeness (QED) is 0.898. The molecule has 1 amide bonds. The second-order valence-electron chi connectivity index (χ2n) is 6.11. The highest BCUT2D eigenvalue weighted by molar-refractivity contribution is 6.31. The Morgan fingerprint density at radius 2 is 2.24 bits per heavy atom. The molecule has 0 aromatic heterocycles. The fourth-order valence-electron chi connectivity index (χ4n) is 2.97. The molecule has 1 aromatic rings. The minimum absolute atomic E-state index is 0.144. The van der Waals surface area contributed by atoms with Crippen molar-refractivity contribution in [2.45, 2.75) is 45.1 Å².